The van der Waals surface area contributed by atoms with E-state index in [4.69, 9.17) is 0 Å². The van der Waals surface area contributed by atoms with Gasteiger partial charge >= 0.3 is 12.4 Å². The summed E-state index contributed by atoms with van der Waals surface area (Å²) in [6, 6.07) is 23.3. The highest BCUT2D eigenvalue weighted by atomic mass is 28.3. The first-order chi connectivity index (χ1) is 17.4. The van der Waals surface area contributed by atoms with Crippen LogP contribution in [0.5, 0.6) is 0 Å². The zero-order valence-electron chi connectivity index (χ0n) is 20.9. The SMILES string of the molecule is CC[Si](CC)(CC)c1cc(-c2ccc(C(F)(F)F)cc2)c2cccc(-c3ccc(C(F)(F)F)cc3)c2c1. The van der Waals surface area contributed by atoms with Gasteiger partial charge in [-0.25, -0.2) is 0 Å². The molecule has 194 valence electrons. The summed E-state index contributed by atoms with van der Waals surface area (Å²) in [5.41, 5.74) is 1.55. The van der Waals surface area contributed by atoms with Gasteiger partial charge in [-0.2, -0.15) is 26.3 Å². The number of fused-ring (bicyclic) bond motifs is 1. The van der Waals surface area contributed by atoms with Crippen molar-refractivity contribution in [3.05, 3.63) is 90.0 Å². The second-order valence-electron chi connectivity index (χ2n) is 9.42. The van der Waals surface area contributed by atoms with Crippen molar-refractivity contribution < 1.29 is 26.3 Å². The van der Waals surface area contributed by atoms with Gasteiger partial charge in [-0.15, -0.1) is 0 Å². The highest BCUT2D eigenvalue weighted by molar-refractivity contribution is 6.92. The Balaban J connectivity index is 1.99. The standard InChI is InChI=1S/C30H28F6Si/c1-4-37(5-2,6-3)24-18-27(21-12-16-23(17-13-21)30(34,35)36)26-9-7-8-25(28(26)19-24)20-10-14-22(15-11-20)29(31,32)33/h7-19H,4-6H2,1-3H3. The molecule has 0 amide bonds. The van der Waals surface area contributed by atoms with Crippen LogP contribution in [0.2, 0.25) is 18.1 Å². The van der Waals surface area contributed by atoms with Gasteiger partial charge in [0.1, 0.15) is 0 Å². The molecule has 0 saturated heterocycles. The molecule has 0 unspecified atom stereocenters. The molecule has 0 fully saturated rings. The Hall–Kier alpha value is -3.06. The zero-order valence-corrected chi connectivity index (χ0v) is 21.9. The zero-order chi connectivity index (χ0) is 27.0. The maximum absolute atomic E-state index is 13.2. The average molecular weight is 531 g/mol. The van der Waals surface area contributed by atoms with E-state index in [0.717, 1.165) is 64.3 Å². The normalized spacial score (nSPS) is 12.8. The smallest absolute Gasteiger partial charge is 0.166 e. The van der Waals surface area contributed by atoms with Gasteiger partial charge in [-0.1, -0.05) is 98.7 Å². The minimum atomic E-state index is -4.42. The van der Waals surface area contributed by atoms with Crippen molar-refractivity contribution in [1.29, 1.82) is 0 Å². The summed E-state index contributed by atoms with van der Waals surface area (Å²) in [5, 5.41) is 2.95. The molecule has 0 spiro atoms. The highest BCUT2D eigenvalue weighted by Crippen LogP contribution is 2.38. The molecule has 4 aromatic rings. The Morgan fingerprint density at radius 3 is 1.43 bits per heavy atom. The minimum absolute atomic E-state index is 0.658. The molecule has 0 aliphatic rings. The van der Waals surface area contributed by atoms with E-state index >= 15 is 0 Å². The number of alkyl halides is 6. The molecule has 4 rings (SSSR count). The van der Waals surface area contributed by atoms with Crippen molar-refractivity contribution in [3.63, 3.8) is 0 Å². The van der Waals surface area contributed by atoms with Gasteiger partial charge in [-0.3, -0.25) is 0 Å². The predicted octanol–water partition coefficient (Wildman–Crippen LogP) is 9.93. The van der Waals surface area contributed by atoms with Gasteiger partial charge in [0.2, 0.25) is 0 Å². The summed E-state index contributed by atoms with van der Waals surface area (Å²) in [6.07, 6.45) is -8.85. The van der Waals surface area contributed by atoms with Crippen molar-refractivity contribution in [2.75, 3.05) is 0 Å². The highest BCUT2D eigenvalue weighted by Gasteiger charge is 2.32. The van der Waals surface area contributed by atoms with E-state index in [1.807, 2.05) is 18.2 Å². The van der Waals surface area contributed by atoms with Crippen molar-refractivity contribution in [2.45, 2.75) is 51.3 Å². The number of halogens is 6. The molecule has 0 aliphatic carbocycles. The summed E-state index contributed by atoms with van der Waals surface area (Å²) in [4.78, 5) is 0. The Labute approximate surface area is 214 Å². The molecule has 0 nitrogen and oxygen atoms in total. The largest absolute Gasteiger partial charge is 0.416 e. The van der Waals surface area contributed by atoms with Crippen LogP contribution in [0.25, 0.3) is 33.0 Å². The van der Waals surface area contributed by atoms with Crippen LogP contribution in [0.3, 0.4) is 0 Å². The van der Waals surface area contributed by atoms with Gasteiger partial charge in [0.05, 0.1) is 19.2 Å². The third-order valence-electron chi connectivity index (χ3n) is 7.69. The van der Waals surface area contributed by atoms with Crippen LogP contribution in [0.15, 0.2) is 78.9 Å². The lowest BCUT2D eigenvalue weighted by Crippen LogP contribution is -2.45. The van der Waals surface area contributed by atoms with Gasteiger partial charge < -0.3 is 0 Å². The van der Waals surface area contributed by atoms with Crippen LogP contribution >= 0.6 is 0 Å². The van der Waals surface area contributed by atoms with Crippen LogP contribution in [0, 0.1) is 0 Å². The molecular weight excluding hydrogens is 502 g/mol. The summed E-state index contributed by atoms with van der Waals surface area (Å²) in [6.45, 7) is 6.55. The molecule has 4 aromatic carbocycles. The average Bonchev–Trinajstić information content (AvgIpc) is 2.88. The van der Waals surface area contributed by atoms with Crippen LogP contribution in [0.4, 0.5) is 26.3 Å². The first kappa shape index (κ1) is 27.0. The lowest BCUT2D eigenvalue weighted by Gasteiger charge is -2.30. The Bertz CT molecular complexity index is 1370. The van der Waals surface area contributed by atoms with E-state index in [9.17, 15) is 26.3 Å². The quantitative estimate of drug-likeness (QED) is 0.172. The maximum atomic E-state index is 13.2. The molecule has 0 radical (unpaired) electrons. The molecule has 0 saturated carbocycles. The molecule has 0 aliphatic heterocycles. The fourth-order valence-corrected chi connectivity index (χ4v) is 8.85. The second-order valence-corrected chi connectivity index (χ2v) is 14.7. The van der Waals surface area contributed by atoms with Crippen molar-refractivity contribution >= 4 is 24.0 Å². The Morgan fingerprint density at radius 2 is 1.00 bits per heavy atom. The molecule has 0 bridgehead atoms. The van der Waals surface area contributed by atoms with E-state index in [1.165, 1.54) is 29.5 Å². The van der Waals surface area contributed by atoms with Crippen LogP contribution < -0.4 is 5.19 Å². The van der Waals surface area contributed by atoms with Gasteiger partial charge in [0.15, 0.2) is 0 Å². The van der Waals surface area contributed by atoms with E-state index in [0.29, 0.717) is 11.1 Å². The predicted molar refractivity (Wildman–Crippen MR) is 142 cm³/mol. The van der Waals surface area contributed by atoms with Crippen molar-refractivity contribution in [3.8, 4) is 22.3 Å². The maximum Gasteiger partial charge on any atom is 0.416 e. The first-order valence-electron chi connectivity index (χ1n) is 12.4. The van der Waals surface area contributed by atoms with Gasteiger partial charge in [0.25, 0.3) is 0 Å². The van der Waals surface area contributed by atoms with E-state index < -0.39 is 31.6 Å². The lowest BCUT2D eigenvalue weighted by molar-refractivity contribution is -0.138. The van der Waals surface area contributed by atoms with Crippen LogP contribution in [-0.2, 0) is 12.4 Å². The minimum Gasteiger partial charge on any atom is -0.166 e. The monoisotopic (exact) mass is 530 g/mol. The summed E-state index contributed by atoms with van der Waals surface area (Å²) in [5.74, 6) is 0. The third-order valence-corrected chi connectivity index (χ3v) is 13.3. The second kappa shape index (κ2) is 10.0. The molecule has 0 N–H and O–H groups in total. The summed E-state index contributed by atoms with van der Waals surface area (Å²) < 4.78 is 79.1. The molecule has 37 heavy (non-hydrogen) atoms. The van der Waals surface area contributed by atoms with Crippen LogP contribution in [0.1, 0.15) is 31.9 Å². The topological polar surface area (TPSA) is 0 Å². The van der Waals surface area contributed by atoms with Gasteiger partial charge in [-0.05, 0) is 57.3 Å². The van der Waals surface area contributed by atoms with Crippen LogP contribution in [-0.4, -0.2) is 8.07 Å². The molecule has 0 aromatic heterocycles. The van der Waals surface area contributed by atoms with Gasteiger partial charge in [0, 0.05) is 0 Å². The number of hydrogen-bond acceptors (Lipinski definition) is 0. The number of hydrogen-bond donors (Lipinski definition) is 0. The molecule has 0 heterocycles. The molecule has 0 atom stereocenters. The van der Waals surface area contributed by atoms with E-state index in [2.05, 4.69) is 32.9 Å². The van der Waals surface area contributed by atoms with E-state index in [-0.39, 0.29) is 0 Å². The first-order valence-corrected chi connectivity index (χ1v) is 15.0. The summed E-state index contributed by atoms with van der Waals surface area (Å²) >= 11 is 0. The molecule has 7 heteroatoms. The Morgan fingerprint density at radius 1 is 0.541 bits per heavy atom. The fourth-order valence-electron chi connectivity index (χ4n) is 5.22. The molecular formula is C30H28F6Si. The Kier molecular flexibility index (Phi) is 7.30. The number of benzene rings is 4. The summed E-state index contributed by atoms with van der Waals surface area (Å²) in [7, 11) is -1.90. The van der Waals surface area contributed by atoms with Crippen molar-refractivity contribution in [1.82, 2.24) is 0 Å². The third kappa shape index (κ3) is 5.19. The fraction of sp³-hybridized carbons (Fsp3) is 0.267. The van der Waals surface area contributed by atoms with E-state index in [1.54, 1.807) is 0 Å². The lowest BCUT2D eigenvalue weighted by atomic mass is 9.92. The number of rotatable bonds is 6. The van der Waals surface area contributed by atoms with Crippen molar-refractivity contribution in [2.24, 2.45) is 0 Å².